The minimum absolute atomic E-state index is 0.0312. The van der Waals surface area contributed by atoms with Gasteiger partial charge in [0.2, 0.25) is 0 Å². The summed E-state index contributed by atoms with van der Waals surface area (Å²) in [6, 6.07) is 0. The molecule has 0 heterocycles. The monoisotopic (exact) mass is 178 g/mol. The van der Waals surface area contributed by atoms with Crippen LogP contribution in [0.2, 0.25) is 0 Å². The number of allylic oxidation sites excluding steroid dienone is 2. The summed E-state index contributed by atoms with van der Waals surface area (Å²) < 4.78 is 36.1. The predicted molar refractivity (Wildman–Crippen MR) is 37.5 cm³/mol. The van der Waals surface area contributed by atoms with Crippen LogP contribution in [-0.2, 0) is 4.79 Å². The van der Waals surface area contributed by atoms with E-state index in [4.69, 9.17) is 0 Å². The molecule has 0 aromatic heterocycles. The van der Waals surface area contributed by atoms with Crippen molar-refractivity contribution in [3.05, 3.63) is 12.2 Å². The molecule has 0 aromatic carbocycles. The first-order valence-electron chi connectivity index (χ1n) is 3.74. The van der Waals surface area contributed by atoms with Gasteiger partial charge in [0.15, 0.2) is 0 Å². The van der Waals surface area contributed by atoms with Crippen LogP contribution in [0.15, 0.2) is 12.2 Å². The number of alkyl halides is 3. The van der Waals surface area contributed by atoms with E-state index < -0.39 is 12.1 Å². The highest BCUT2D eigenvalue weighted by atomic mass is 19.4. The van der Waals surface area contributed by atoms with Crippen molar-refractivity contribution in [3.8, 4) is 0 Å². The van der Waals surface area contributed by atoms with Gasteiger partial charge in [0.1, 0.15) is 6.29 Å². The van der Waals surface area contributed by atoms with Gasteiger partial charge in [0.05, 0.1) is 5.92 Å². The van der Waals surface area contributed by atoms with Gasteiger partial charge in [-0.05, 0) is 12.8 Å². The summed E-state index contributed by atoms with van der Waals surface area (Å²) in [6.45, 7) is 0. The number of rotatable bonds is 1. The Kier molecular flexibility index (Phi) is 2.55. The summed E-state index contributed by atoms with van der Waals surface area (Å²) in [4.78, 5) is 10.2. The number of hydrogen-bond acceptors (Lipinski definition) is 1. The Labute approximate surface area is 68.3 Å². The van der Waals surface area contributed by atoms with E-state index in [0.717, 1.165) is 6.08 Å². The topological polar surface area (TPSA) is 17.1 Å². The highest BCUT2D eigenvalue weighted by molar-refractivity contribution is 5.56. The van der Waals surface area contributed by atoms with Crippen molar-refractivity contribution < 1.29 is 18.0 Å². The van der Waals surface area contributed by atoms with Crippen LogP contribution in [-0.4, -0.2) is 12.5 Å². The quantitative estimate of drug-likeness (QED) is 0.445. The molecular weight excluding hydrogens is 169 g/mol. The van der Waals surface area contributed by atoms with Gasteiger partial charge >= 0.3 is 6.18 Å². The van der Waals surface area contributed by atoms with E-state index in [9.17, 15) is 18.0 Å². The Morgan fingerprint density at radius 1 is 1.25 bits per heavy atom. The molecule has 0 saturated carbocycles. The standard InChI is InChI=1S/C8H9F3O/c9-8(10,11)7-3-1-6(5-12)2-4-7/h1,3,5-7H,2,4H2. The molecule has 2 atom stereocenters. The van der Waals surface area contributed by atoms with Crippen molar-refractivity contribution in [2.75, 3.05) is 0 Å². The highest BCUT2D eigenvalue weighted by Crippen LogP contribution is 2.34. The summed E-state index contributed by atoms with van der Waals surface area (Å²) in [5.74, 6) is -1.67. The Morgan fingerprint density at radius 3 is 2.25 bits per heavy atom. The van der Waals surface area contributed by atoms with E-state index in [2.05, 4.69) is 0 Å². The van der Waals surface area contributed by atoms with Gasteiger partial charge in [-0.15, -0.1) is 0 Å². The van der Waals surface area contributed by atoms with Crippen LogP contribution < -0.4 is 0 Å². The zero-order valence-electron chi connectivity index (χ0n) is 6.34. The molecule has 0 aromatic rings. The maximum atomic E-state index is 12.0. The molecule has 0 saturated heterocycles. The number of aldehydes is 1. The Hall–Kier alpha value is -0.800. The number of carbonyl (C=O) groups excluding carboxylic acids is 1. The van der Waals surface area contributed by atoms with E-state index >= 15 is 0 Å². The third kappa shape index (κ3) is 2.09. The average Bonchev–Trinajstić information content (AvgIpc) is 2.03. The van der Waals surface area contributed by atoms with Gasteiger partial charge in [0, 0.05) is 5.92 Å². The lowest BCUT2D eigenvalue weighted by Crippen LogP contribution is -2.24. The molecule has 68 valence electrons. The molecule has 0 amide bonds. The Morgan fingerprint density at radius 2 is 1.92 bits per heavy atom. The summed E-state index contributed by atoms with van der Waals surface area (Å²) in [7, 11) is 0. The molecule has 0 spiro atoms. The third-order valence-corrected chi connectivity index (χ3v) is 2.00. The SMILES string of the molecule is O=CC1C=CC(C(F)(F)F)CC1. The van der Waals surface area contributed by atoms with Crippen molar-refractivity contribution >= 4 is 6.29 Å². The van der Waals surface area contributed by atoms with Crippen LogP contribution >= 0.6 is 0 Å². The molecule has 1 aliphatic carbocycles. The summed E-state index contributed by atoms with van der Waals surface area (Å²) in [5.41, 5.74) is 0. The highest BCUT2D eigenvalue weighted by Gasteiger charge is 2.38. The Bertz CT molecular complexity index is 195. The minimum atomic E-state index is -4.15. The van der Waals surface area contributed by atoms with Gasteiger partial charge < -0.3 is 4.79 Å². The van der Waals surface area contributed by atoms with E-state index in [1.54, 1.807) is 0 Å². The van der Waals surface area contributed by atoms with Crippen LogP contribution in [0.4, 0.5) is 13.2 Å². The summed E-state index contributed by atoms with van der Waals surface area (Å²) in [5, 5.41) is 0. The van der Waals surface area contributed by atoms with E-state index in [1.165, 1.54) is 6.08 Å². The zero-order valence-corrected chi connectivity index (χ0v) is 6.34. The van der Waals surface area contributed by atoms with Crippen LogP contribution in [0.5, 0.6) is 0 Å². The van der Waals surface area contributed by atoms with Crippen molar-refractivity contribution in [1.82, 2.24) is 0 Å². The first-order chi connectivity index (χ1) is 5.54. The van der Waals surface area contributed by atoms with Gasteiger partial charge in [0.25, 0.3) is 0 Å². The van der Waals surface area contributed by atoms with E-state index in [1.807, 2.05) is 0 Å². The van der Waals surface area contributed by atoms with Crippen molar-refractivity contribution in [3.63, 3.8) is 0 Å². The van der Waals surface area contributed by atoms with Crippen LogP contribution in [0.3, 0.4) is 0 Å². The first kappa shape index (κ1) is 9.29. The van der Waals surface area contributed by atoms with Gasteiger partial charge in [-0.25, -0.2) is 0 Å². The summed E-state index contributed by atoms with van der Waals surface area (Å²) in [6.07, 6.45) is -0.696. The zero-order chi connectivity index (χ0) is 9.19. The van der Waals surface area contributed by atoms with Crippen molar-refractivity contribution in [2.24, 2.45) is 11.8 Å². The van der Waals surface area contributed by atoms with Gasteiger partial charge in [-0.1, -0.05) is 12.2 Å². The molecule has 2 unspecified atom stereocenters. The largest absolute Gasteiger partial charge is 0.395 e. The molecule has 0 N–H and O–H groups in total. The average molecular weight is 178 g/mol. The molecule has 1 aliphatic rings. The predicted octanol–water partition coefficient (Wildman–Crippen LogP) is 2.33. The second-order valence-corrected chi connectivity index (χ2v) is 2.91. The molecule has 12 heavy (non-hydrogen) atoms. The maximum absolute atomic E-state index is 12.0. The van der Waals surface area contributed by atoms with E-state index in [-0.39, 0.29) is 12.3 Å². The molecule has 1 nitrogen and oxygen atoms in total. The van der Waals surface area contributed by atoms with Gasteiger partial charge in [-0.2, -0.15) is 13.2 Å². The molecule has 0 fully saturated rings. The van der Waals surface area contributed by atoms with Crippen molar-refractivity contribution in [1.29, 1.82) is 0 Å². The number of carbonyl (C=O) groups is 1. The molecular formula is C8H9F3O. The lowest BCUT2D eigenvalue weighted by Gasteiger charge is -2.21. The van der Waals surface area contributed by atoms with Crippen LogP contribution in [0.25, 0.3) is 0 Å². The smallest absolute Gasteiger partial charge is 0.303 e. The van der Waals surface area contributed by atoms with E-state index in [0.29, 0.717) is 12.7 Å². The summed E-state index contributed by atoms with van der Waals surface area (Å²) >= 11 is 0. The lowest BCUT2D eigenvalue weighted by molar-refractivity contribution is -0.164. The Balaban J connectivity index is 2.59. The number of hydrogen-bond donors (Lipinski definition) is 0. The molecule has 1 rings (SSSR count). The molecule has 4 heteroatoms. The number of halogens is 3. The molecule has 0 aliphatic heterocycles. The fourth-order valence-corrected chi connectivity index (χ4v) is 1.23. The normalized spacial score (nSPS) is 30.2. The maximum Gasteiger partial charge on any atom is 0.395 e. The van der Waals surface area contributed by atoms with Crippen molar-refractivity contribution in [2.45, 2.75) is 19.0 Å². The third-order valence-electron chi connectivity index (χ3n) is 2.00. The lowest BCUT2D eigenvalue weighted by atomic mass is 9.89. The second kappa shape index (κ2) is 3.29. The second-order valence-electron chi connectivity index (χ2n) is 2.91. The van der Waals surface area contributed by atoms with Crippen LogP contribution in [0, 0.1) is 11.8 Å². The fourth-order valence-electron chi connectivity index (χ4n) is 1.23. The van der Waals surface area contributed by atoms with Crippen LogP contribution in [0.1, 0.15) is 12.8 Å². The van der Waals surface area contributed by atoms with Gasteiger partial charge in [-0.3, -0.25) is 0 Å². The minimum Gasteiger partial charge on any atom is -0.303 e. The first-order valence-corrected chi connectivity index (χ1v) is 3.74. The molecule has 0 radical (unpaired) electrons. The molecule has 0 bridgehead atoms. The fraction of sp³-hybridized carbons (Fsp3) is 0.625.